The van der Waals surface area contributed by atoms with Gasteiger partial charge in [0.2, 0.25) is 0 Å². The van der Waals surface area contributed by atoms with Crippen molar-refractivity contribution < 1.29 is 13.9 Å². The Hall–Kier alpha value is -3.36. The van der Waals surface area contributed by atoms with Crippen molar-refractivity contribution in [1.29, 1.82) is 0 Å². The molecular formula is C26H30FN5O3. The summed E-state index contributed by atoms with van der Waals surface area (Å²) in [4.78, 5) is 31.0. The summed E-state index contributed by atoms with van der Waals surface area (Å²) < 4.78 is 23.6. The standard InChI is InChI=1S/C26H30FN5O3/c1-14-10-17(11-15(2)21(14)27)32-22(30-9-8-28-23(30)33)20-18(29-32)13-26-12-16(26)6-7-19(20)31(26)24(34)35-25(3,4)5/h8-11,16,19H,6-7,12-13H2,1-5H3,(H,28,33)/t16?,19-,26?/m1/s1. The Labute approximate surface area is 202 Å². The number of aromatic amines is 1. The molecule has 3 atom stereocenters. The number of aryl methyl sites for hydroxylation is 2. The Morgan fingerprint density at radius 1 is 1.23 bits per heavy atom. The van der Waals surface area contributed by atoms with E-state index < -0.39 is 5.60 Å². The first-order chi connectivity index (χ1) is 16.5. The fourth-order valence-electron chi connectivity index (χ4n) is 6.20. The Kier molecular flexibility index (Phi) is 4.48. The number of ether oxygens (including phenoxy) is 1. The van der Waals surface area contributed by atoms with Crippen molar-refractivity contribution in [1.82, 2.24) is 24.2 Å². The quantitative estimate of drug-likeness (QED) is 0.587. The van der Waals surface area contributed by atoms with E-state index in [2.05, 4.69) is 4.98 Å². The van der Waals surface area contributed by atoms with Crippen molar-refractivity contribution in [2.75, 3.05) is 0 Å². The number of rotatable bonds is 2. The molecule has 8 nitrogen and oxygen atoms in total. The number of nitrogens with one attached hydrogen (secondary N) is 1. The van der Waals surface area contributed by atoms with Crippen molar-refractivity contribution in [2.45, 2.75) is 77.5 Å². The zero-order valence-corrected chi connectivity index (χ0v) is 20.7. The number of carbonyl (C=O) groups excluding carboxylic acids is 1. The minimum absolute atomic E-state index is 0.249. The van der Waals surface area contributed by atoms with E-state index in [0.29, 0.717) is 35.0 Å². The van der Waals surface area contributed by atoms with Crippen molar-refractivity contribution in [3.63, 3.8) is 0 Å². The summed E-state index contributed by atoms with van der Waals surface area (Å²) in [5.41, 5.74) is 2.27. The summed E-state index contributed by atoms with van der Waals surface area (Å²) in [6, 6.07) is 3.25. The molecule has 1 spiro atoms. The van der Waals surface area contributed by atoms with Gasteiger partial charge >= 0.3 is 11.8 Å². The van der Waals surface area contributed by atoms with Crippen LogP contribution in [0.3, 0.4) is 0 Å². The number of hydrogen-bond donors (Lipinski definition) is 1. The predicted molar refractivity (Wildman–Crippen MR) is 128 cm³/mol. The number of amides is 1. The van der Waals surface area contributed by atoms with Crippen LogP contribution in [0.4, 0.5) is 9.18 Å². The van der Waals surface area contributed by atoms with Gasteiger partial charge in [-0.3, -0.25) is 9.47 Å². The molecule has 4 heterocycles. The van der Waals surface area contributed by atoms with Crippen LogP contribution < -0.4 is 5.69 Å². The molecule has 1 aliphatic carbocycles. The number of piperidine rings is 1. The number of halogens is 1. The van der Waals surface area contributed by atoms with Gasteiger partial charge in [0.25, 0.3) is 0 Å². The average molecular weight is 480 g/mol. The molecule has 2 fully saturated rings. The Morgan fingerprint density at radius 3 is 2.57 bits per heavy atom. The molecule has 3 aliphatic rings. The van der Waals surface area contributed by atoms with Crippen LogP contribution >= 0.6 is 0 Å². The molecular weight excluding hydrogens is 449 g/mol. The fraction of sp³-hybridized carbons (Fsp3) is 0.500. The van der Waals surface area contributed by atoms with Gasteiger partial charge in [-0.1, -0.05) is 0 Å². The average Bonchev–Trinajstić information content (AvgIpc) is 3.07. The van der Waals surface area contributed by atoms with Crippen LogP contribution in [-0.2, 0) is 11.2 Å². The molecule has 2 unspecified atom stereocenters. The third-order valence-electron chi connectivity index (χ3n) is 7.69. The van der Waals surface area contributed by atoms with E-state index in [9.17, 15) is 14.0 Å². The summed E-state index contributed by atoms with van der Waals surface area (Å²) in [5.74, 6) is 0.764. The van der Waals surface area contributed by atoms with Gasteiger partial charge in [-0.15, -0.1) is 0 Å². The Morgan fingerprint density at radius 2 is 1.94 bits per heavy atom. The molecule has 0 radical (unpaired) electrons. The van der Waals surface area contributed by atoms with Crippen LogP contribution in [0.5, 0.6) is 0 Å². The molecule has 1 saturated heterocycles. The first kappa shape index (κ1) is 22.1. The maximum absolute atomic E-state index is 14.5. The molecule has 2 aromatic heterocycles. The SMILES string of the molecule is Cc1cc(-n2nc3c(c2-n2cc[nH]c2=O)[C@H]2CCC4CC4(C3)N2C(=O)OC(C)(C)C)cc(C)c1F. The molecule has 9 heteroatoms. The lowest BCUT2D eigenvalue weighted by Crippen LogP contribution is -2.54. The zero-order chi connectivity index (χ0) is 24.9. The minimum atomic E-state index is -0.611. The molecule has 2 bridgehead atoms. The van der Waals surface area contributed by atoms with E-state index in [1.165, 1.54) is 4.57 Å². The van der Waals surface area contributed by atoms with Crippen molar-refractivity contribution >= 4 is 6.09 Å². The van der Waals surface area contributed by atoms with E-state index in [1.54, 1.807) is 43.1 Å². The smallest absolute Gasteiger partial charge is 0.411 e. The van der Waals surface area contributed by atoms with Gasteiger partial charge in [-0.05, 0) is 83.1 Å². The van der Waals surface area contributed by atoms with Gasteiger partial charge in [-0.25, -0.2) is 18.7 Å². The lowest BCUT2D eigenvalue weighted by Gasteiger charge is -2.46. The first-order valence-electron chi connectivity index (χ1n) is 12.2. The second kappa shape index (κ2) is 7.08. The van der Waals surface area contributed by atoms with Crippen molar-refractivity contribution in [3.05, 3.63) is 63.2 Å². The summed E-state index contributed by atoms with van der Waals surface area (Å²) in [7, 11) is 0. The molecule has 1 amide bonds. The lowest BCUT2D eigenvalue weighted by molar-refractivity contribution is -0.0155. The Balaban J connectivity index is 1.58. The van der Waals surface area contributed by atoms with Crippen LogP contribution in [-0.4, -0.2) is 41.5 Å². The monoisotopic (exact) mass is 479 g/mol. The number of carbonyl (C=O) groups is 1. The summed E-state index contributed by atoms with van der Waals surface area (Å²) in [6.45, 7) is 9.07. The third-order valence-corrected chi connectivity index (χ3v) is 7.69. The molecule has 1 aromatic carbocycles. The van der Waals surface area contributed by atoms with Crippen LogP contribution in [0.25, 0.3) is 11.5 Å². The topological polar surface area (TPSA) is 85.2 Å². The molecule has 2 aliphatic heterocycles. The van der Waals surface area contributed by atoms with Gasteiger partial charge in [0, 0.05) is 24.4 Å². The number of benzene rings is 1. The highest BCUT2D eigenvalue weighted by atomic mass is 19.1. The maximum atomic E-state index is 14.5. The highest BCUT2D eigenvalue weighted by Crippen LogP contribution is 2.64. The van der Waals surface area contributed by atoms with E-state index >= 15 is 0 Å². The molecule has 1 N–H and O–H groups in total. The number of H-pyrrole nitrogens is 1. The second-order valence-electron chi connectivity index (χ2n) is 11.2. The number of imidazole rings is 1. The predicted octanol–water partition coefficient (Wildman–Crippen LogP) is 4.49. The van der Waals surface area contributed by atoms with E-state index in [1.807, 2.05) is 25.7 Å². The Bertz CT molecular complexity index is 1400. The van der Waals surface area contributed by atoms with Crippen molar-refractivity contribution in [3.8, 4) is 11.5 Å². The van der Waals surface area contributed by atoms with Crippen LogP contribution in [0, 0.1) is 25.6 Å². The third kappa shape index (κ3) is 3.20. The van der Waals surface area contributed by atoms with E-state index in [4.69, 9.17) is 9.84 Å². The molecule has 3 aromatic rings. The number of nitrogens with zero attached hydrogens (tertiary/aromatic N) is 4. The summed E-state index contributed by atoms with van der Waals surface area (Å²) in [6.07, 6.45) is 6.28. The van der Waals surface area contributed by atoms with Crippen LogP contribution in [0.1, 0.15) is 68.5 Å². The lowest BCUT2D eigenvalue weighted by atomic mass is 9.82. The van der Waals surface area contributed by atoms with Crippen LogP contribution in [0.2, 0.25) is 0 Å². The molecule has 35 heavy (non-hydrogen) atoms. The first-order valence-corrected chi connectivity index (χ1v) is 12.2. The second-order valence-corrected chi connectivity index (χ2v) is 11.2. The zero-order valence-electron chi connectivity index (χ0n) is 20.7. The molecule has 1 saturated carbocycles. The fourth-order valence-corrected chi connectivity index (χ4v) is 6.20. The highest BCUT2D eigenvalue weighted by Gasteiger charge is 2.67. The van der Waals surface area contributed by atoms with Gasteiger partial charge in [0.15, 0.2) is 0 Å². The van der Waals surface area contributed by atoms with Crippen molar-refractivity contribution in [2.24, 2.45) is 5.92 Å². The number of fused-ring (bicyclic) bond motifs is 3. The number of aromatic nitrogens is 4. The van der Waals surface area contributed by atoms with E-state index in [-0.39, 0.29) is 29.2 Å². The molecule has 6 rings (SSSR count). The summed E-state index contributed by atoms with van der Waals surface area (Å²) >= 11 is 0. The van der Waals surface area contributed by atoms with E-state index in [0.717, 1.165) is 30.5 Å². The van der Waals surface area contributed by atoms with Gasteiger partial charge < -0.3 is 9.72 Å². The molecule has 184 valence electrons. The highest BCUT2D eigenvalue weighted by molar-refractivity contribution is 5.73. The largest absolute Gasteiger partial charge is 0.444 e. The van der Waals surface area contributed by atoms with Gasteiger partial charge in [0.05, 0.1) is 23.0 Å². The number of hydrogen-bond acceptors (Lipinski definition) is 4. The van der Waals surface area contributed by atoms with Gasteiger partial charge in [0.1, 0.15) is 17.2 Å². The van der Waals surface area contributed by atoms with Crippen LogP contribution in [0.15, 0.2) is 29.3 Å². The summed E-state index contributed by atoms with van der Waals surface area (Å²) in [5, 5.41) is 4.99. The minimum Gasteiger partial charge on any atom is -0.444 e. The van der Waals surface area contributed by atoms with Gasteiger partial charge in [-0.2, -0.15) is 5.10 Å². The normalized spacial score (nSPS) is 24.7. The maximum Gasteiger partial charge on any atom is 0.411 e.